The van der Waals surface area contributed by atoms with Gasteiger partial charge in [0.25, 0.3) is 0 Å². The second kappa shape index (κ2) is 3.32. The van der Waals surface area contributed by atoms with Gasteiger partial charge in [-0.15, -0.1) is 0 Å². The molecule has 1 aromatic carbocycles. The fraction of sp³-hybridized carbons (Fsp3) is 0.364. The third kappa shape index (κ3) is 1.40. The summed E-state index contributed by atoms with van der Waals surface area (Å²) in [6.07, 6.45) is 0. The van der Waals surface area contributed by atoms with Crippen molar-refractivity contribution in [1.29, 1.82) is 0 Å². The van der Waals surface area contributed by atoms with Crippen molar-refractivity contribution >= 4 is 27.0 Å². The van der Waals surface area contributed by atoms with Crippen molar-refractivity contribution in [2.45, 2.75) is 5.92 Å². The van der Waals surface area contributed by atoms with E-state index in [0.29, 0.717) is 5.92 Å². The van der Waals surface area contributed by atoms with E-state index in [4.69, 9.17) is 0 Å². The summed E-state index contributed by atoms with van der Waals surface area (Å²) in [7, 11) is 2.03. The Bertz CT molecular complexity index is 514. The lowest BCUT2D eigenvalue weighted by Crippen LogP contribution is -2.39. The van der Waals surface area contributed by atoms with Crippen molar-refractivity contribution < 1.29 is 0 Å². The molecule has 0 spiro atoms. The smallest absolute Gasteiger partial charge is 0.177 e. The van der Waals surface area contributed by atoms with Gasteiger partial charge in [-0.1, -0.05) is 6.07 Å². The highest BCUT2D eigenvalue weighted by molar-refractivity contribution is 9.10. The van der Waals surface area contributed by atoms with Crippen molar-refractivity contribution in [3.8, 4) is 0 Å². The monoisotopic (exact) mass is 265 g/mol. The highest BCUT2D eigenvalue weighted by Gasteiger charge is 2.19. The zero-order valence-corrected chi connectivity index (χ0v) is 10.1. The summed E-state index contributed by atoms with van der Waals surface area (Å²) in [6, 6.07) is 6.54. The van der Waals surface area contributed by atoms with E-state index >= 15 is 0 Å². The lowest BCUT2D eigenvalue weighted by atomic mass is 9.93. The number of nitrogens with one attached hydrogen (secondary N) is 1. The van der Waals surface area contributed by atoms with Crippen LogP contribution >= 0.6 is 15.9 Å². The molecule has 0 amide bonds. The number of rotatable bonds is 1. The Balaban J connectivity index is 2.15. The molecule has 3 rings (SSSR count). The van der Waals surface area contributed by atoms with E-state index in [9.17, 15) is 0 Å². The molecule has 1 saturated heterocycles. The Morgan fingerprint density at radius 2 is 2.27 bits per heavy atom. The summed E-state index contributed by atoms with van der Waals surface area (Å²) in [5.41, 5.74) is 3.67. The highest BCUT2D eigenvalue weighted by atomic mass is 79.9. The number of hydrogen-bond acceptors (Lipinski definition) is 2. The first-order valence-corrected chi connectivity index (χ1v) is 5.87. The second-order valence-electron chi connectivity index (χ2n) is 4.04. The molecule has 2 aromatic rings. The Morgan fingerprint density at radius 3 is 2.93 bits per heavy atom. The average molecular weight is 266 g/mol. The standard InChI is InChI=1S/C11H12BrN3/c1-15-10-4-7(8-5-13-6-8)2-3-9(10)14-11(15)12/h2-4,8,13H,5-6H2,1H3. The molecule has 0 saturated carbocycles. The molecule has 0 radical (unpaired) electrons. The lowest BCUT2D eigenvalue weighted by Gasteiger charge is -2.27. The normalized spacial score (nSPS) is 16.9. The topological polar surface area (TPSA) is 29.9 Å². The number of aromatic nitrogens is 2. The van der Waals surface area contributed by atoms with Gasteiger partial charge in [0.1, 0.15) is 0 Å². The van der Waals surface area contributed by atoms with Gasteiger partial charge in [0.2, 0.25) is 0 Å². The van der Waals surface area contributed by atoms with Gasteiger partial charge in [0.15, 0.2) is 4.73 Å². The van der Waals surface area contributed by atoms with Crippen LogP contribution in [0.4, 0.5) is 0 Å². The minimum Gasteiger partial charge on any atom is -0.322 e. The van der Waals surface area contributed by atoms with E-state index in [1.54, 1.807) is 0 Å². The number of aryl methyl sites for hydroxylation is 1. The Kier molecular flexibility index (Phi) is 2.07. The van der Waals surface area contributed by atoms with Gasteiger partial charge in [-0.25, -0.2) is 4.98 Å². The number of benzene rings is 1. The van der Waals surface area contributed by atoms with Crippen LogP contribution in [0.15, 0.2) is 22.9 Å². The zero-order valence-electron chi connectivity index (χ0n) is 8.50. The molecule has 15 heavy (non-hydrogen) atoms. The summed E-state index contributed by atoms with van der Waals surface area (Å²) < 4.78 is 2.96. The second-order valence-corrected chi connectivity index (χ2v) is 4.75. The van der Waals surface area contributed by atoms with Gasteiger partial charge in [-0.2, -0.15) is 0 Å². The minimum atomic E-state index is 0.683. The van der Waals surface area contributed by atoms with Crippen LogP contribution in [0.1, 0.15) is 11.5 Å². The van der Waals surface area contributed by atoms with Crippen LogP contribution in [0.3, 0.4) is 0 Å². The highest BCUT2D eigenvalue weighted by Crippen LogP contribution is 2.25. The quantitative estimate of drug-likeness (QED) is 0.855. The maximum atomic E-state index is 4.42. The maximum absolute atomic E-state index is 4.42. The van der Waals surface area contributed by atoms with Gasteiger partial charge >= 0.3 is 0 Å². The number of fused-ring (bicyclic) bond motifs is 1. The molecule has 1 N–H and O–H groups in total. The first-order valence-electron chi connectivity index (χ1n) is 5.08. The molecule has 0 unspecified atom stereocenters. The first kappa shape index (κ1) is 9.36. The molecule has 0 bridgehead atoms. The van der Waals surface area contributed by atoms with Crippen LogP contribution in [-0.4, -0.2) is 22.6 Å². The van der Waals surface area contributed by atoms with Crippen LogP contribution in [0.2, 0.25) is 0 Å². The molecule has 1 aliphatic rings. The van der Waals surface area contributed by atoms with E-state index in [2.05, 4.69) is 49.0 Å². The lowest BCUT2D eigenvalue weighted by molar-refractivity contribution is 0.448. The van der Waals surface area contributed by atoms with Gasteiger partial charge in [0.05, 0.1) is 11.0 Å². The average Bonchev–Trinajstić information content (AvgIpc) is 2.41. The van der Waals surface area contributed by atoms with Crippen LogP contribution in [0.25, 0.3) is 11.0 Å². The van der Waals surface area contributed by atoms with Crippen molar-refractivity contribution in [1.82, 2.24) is 14.9 Å². The third-order valence-corrected chi connectivity index (χ3v) is 3.81. The molecule has 78 valence electrons. The van der Waals surface area contributed by atoms with Crippen molar-refractivity contribution in [2.75, 3.05) is 13.1 Å². The van der Waals surface area contributed by atoms with Crippen LogP contribution < -0.4 is 5.32 Å². The molecular weight excluding hydrogens is 254 g/mol. The fourth-order valence-corrected chi connectivity index (χ4v) is 2.34. The molecule has 3 nitrogen and oxygen atoms in total. The molecule has 2 heterocycles. The van der Waals surface area contributed by atoms with E-state index < -0.39 is 0 Å². The van der Waals surface area contributed by atoms with Gasteiger partial charge in [-0.05, 0) is 33.6 Å². The molecule has 0 atom stereocenters. The molecule has 1 aromatic heterocycles. The summed E-state index contributed by atoms with van der Waals surface area (Å²) in [6.45, 7) is 2.20. The van der Waals surface area contributed by atoms with Crippen LogP contribution in [-0.2, 0) is 7.05 Å². The first-order chi connectivity index (χ1) is 7.25. The largest absolute Gasteiger partial charge is 0.322 e. The molecule has 1 fully saturated rings. The number of nitrogens with zero attached hydrogens (tertiary/aromatic N) is 2. The third-order valence-electron chi connectivity index (χ3n) is 3.10. The predicted octanol–water partition coefficient (Wildman–Crippen LogP) is 2.02. The Hall–Kier alpha value is -0.870. The SMILES string of the molecule is Cn1c(Br)nc2ccc(C3CNC3)cc21. The maximum Gasteiger partial charge on any atom is 0.177 e. The molecule has 1 aliphatic heterocycles. The molecular formula is C11H12BrN3. The van der Waals surface area contributed by atoms with E-state index in [-0.39, 0.29) is 0 Å². The Labute approximate surface area is 96.6 Å². The number of imidazole rings is 1. The van der Waals surface area contributed by atoms with Crippen molar-refractivity contribution in [3.63, 3.8) is 0 Å². The summed E-state index contributed by atoms with van der Waals surface area (Å²) in [5.74, 6) is 0.683. The zero-order chi connectivity index (χ0) is 10.4. The molecule has 0 aliphatic carbocycles. The van der Waals surface area contributed by atoms with E-state index in [1.165, 1.54) is 11.1 Å². The summed E-state index contributed by atoms with van der Waals surface area (Å²) in [4.78, 5) is 4.42. The van der Waals surface area contributed by atoms with Gasteiger partial charge < -0.3 is 9.88 Å². The van der Waals surface area contributed by atoms with Crippen molar-refractivity contribution in [3.05, 3.63) is 28.5 Å². The van der Waals surface area contributed by atoms with E-state index in [0.717, 1.165) is 23.3 Å². The van der Waals surface area contributed by atoms with Gasteiger partial charge in [0, 0.05) is 26.1 Å². The number of halogens is 1. The summed E-state index contributed by atoms with van der Waals surface area (Å²) in [5, 5.41) is 3.30. The van der Waals surface area contributed by atoms with Gasteiger partial charge in [-0.3, -0.25) is 0 Å². The van der Waals surface area contributed by atoms with E-state index in [1.807, 2.05) is 7.05 Å². The van der Waals surface area contributed by atoms with Crippen LogP contribution in [0, 0.1) is 0 Å². The Morgan fingerprint density at radius 1 is 1.47 bits per heavy atom. The fourth-order valence-electron chi connectivity index (χ4n) is 1.96. The minimum absolute atomic E-state index is 0.683. The van der Waals surface area contributed by atoms with Crippen LogP contribution in [0.5, 0.6) is 0 Å². The number of hydrogen-bond donors (Lipinski definition) is 1. The molecule has 4 heteroatoms. The predicted molar refractivity (Wildman–Crippen MR) is 64.0 cm³/mol. The summed E-state index contributed by atoms with van der Waals surface area (Å²) >= 11 is 3.44. The van der Waals surface area contributed by atoms with Crippen molar-refractivity contribution in [2.24, 2.45) is 7.05 Å².